The molecule has 2 heterocycles. The number of benzene rings is 1. The minimum absolute atomic E-state index is 0.182. The van der Waals surface area contributed by atoms with Gasteiger partial charge in [-0.3, -0.25) is 4.79 Å². The van der Waals surface area contributed by atoms with Gasteiger partial charge in [0, 0.05) is 29.4 Å². The third kappa shape index (κ3) is 5.35. The van der Waals surface area contributed by atoms with Crippen molar-refractivity contribution < 1.29 is 17.9 Å². The van der Waals surface area contributed by atoms with Crippen LogP contribution in [0.4, 0.5) is 13.2 Å². The van der Waals surface area contributed by atoms with Crippen LogP contribution in [0.15, 0.2) is 53.7 Å². The summed E-state index contributed by atoms with van der Waals surface area (Å²) in [6, 6.07) is 10.6. The molecule has 32 heavy (non-hydrogen) atoms. The largest absolute Gasteiger partial charge is 0.487 e. The maximum atomic E-state index is 13.1. The Labute approximate surface area is 182 Å². The van der Waals surface area contributed by atoms with E-state index in [9.17, 15) is 18.0 Å². The lowest BCUT2D eigenvalue weighted by atomic mass is 10.1. The molecular weight excluding hydrogens is 419 g/mol. The van der Waals surface area contributed by atoms with Crippen molar-refractivity contribution in [2.75, 3.05) is 0 Å². The zero-order chi connectivity index (χ0) is 22.7. The molecule has 1 aliphatic rings. The Hall–Kier alpha value is -3.60. The molecule has 1 aromatic carbocycles. The second kappa shape index (κ2) is 8.87. The van der Waals surface area contributed by atoms with Gasteiger partial charge in [-0.15, -0.1) is 0 Å². The summed E-state index contributed by atoms with van der Waals surface area (Å²) >= 11 is 0. The lowest BCUT2D eigenvalue weighted by Gasteiger charge is -2.14. The fourth-order valence-corrected chi connectivity index (χ4v) is 3.13. The van der Waals surface area contributed by atoms with E-state index in [1.807, 2.05) is 24.3 Å². The maximum absolute atomic E-state index is 13.1. The van der Waals surface area contributed by atoms with E-state index in [0.29, 0.717) is 24.4 Å². The van der Waals surface area contributed by atoms with E-state index in [1.54, 1.807) is 17.6 Å². The summed E-state index contributed by atoms with van der Waals surface area (Å²) in [6.07, 6.45) is -0.499. The van der Waals surface area contributed by atoms with Gasteiger partial charge in [0.1, 0.15) is 18.7 Å². The predicted molar refractivity (Wildman–Crippen MR) is 112 cm³/mol. The minimum Gasteiger partial charge on any atom is -0.487 e. The second-order valence-corrected chi connectivity index (χ2v) is 7.67. The van der Waals surface area contributed by atoms with Crippen LogP contribution in [-0.4, -0.2) is 14.5 Å². The van der Waals surface area contributed by atoms with Gasteiger partial charge in [0.05, 0.1) is 17.8 Å². The summed E-state index contributed by atoms with van der Waals surface area (Å²) < 4.78 is 46.2. The first-order chi connectivity index (χ1) is 15.3. The van der Waals surface area contributed by atoms with E-state index in [4.69, 9.17) is 4.74 Å². The van der Waals surface area contributed by atoms with Crippen molar-refractivity contribution in [3.63, 3.8) is 0 Å². The lowest BCUT2D eigenvalue weighted by Crippen LogP contribution is -2.22. The Morgan fingerprint density at radius 2 is 1.94 bits per heavy atom. The topological polar surface area (TPSA) is 57.0 Å². The van der Waals surface area contributed by atoms with E-state index in [0.717, 1.165) is 17.5 Å². The number of alkyl halides is 3. The molecule has 0 unspecified atom stereocenters. The van der Waals surface area contributed by atoms with Crippen molar-refractivity contribution in [3.05, 3.63) is 87.4 Å². The molecule has 0 bridgehead atoms. The molecule has 164 valence electrons. The zero-order valence-corrected chi connectivity index (χ0v) is 17.3. The number of rotatable bonds is 5. The van der Waals surface area contributed by atoms with Crippen LogP contribution in [0.5, 0.6) is 5.75 Å². The number of nitrogens with zero attached hydrogens (tertiary/aromatic N) is 3. The standard InChI is InChI=1S/C24H20F3N3O2/c1-16-10-20(32-14-22-21(24(25,26)27)12-28-15-29-22)11-23(31)30(16)13-19-8-6-18(7-9-19)5-4-17-2-3-17/h6-12,15,17H,2-3,13-14H2,1H3. The monoisotopic (exact) mass is 439 g/mol. The van der Waals surface area contributed by atoms with Gasteiger partial charge in [-0.25, -0.2) is 9.97 Å². The SMILES string of the molecule is Cc1cc(OCc2ncncc2C(F)(F)F)cc(=O)n1Cc1ccc(C#CC2CC2)cc1. The van der Waals surface area contributed by atoms with Gasteiger partial charge in [-0.05, 0) is 43.5 Å². The molecule has 0 aliphatic heterocycles. The lowest BCUT2D eigenvalue weighted by molar-refractivity contribution is -0.139. The van der Waals surface area contributed by atoms with E-state index in [2.05, 4.69) is 21.8 Å². The molecule has 0 radical (unpaired) electrons. The molecule has 0 amide bonds. The second-order valence-electron chi connectivity index (χ2n) is 7.67. The fraction of sp³-hybridized carbons (Fsp3) is 0.292. The van der Waals surface area contributed by atoms with Gasteiger partial charge < -0.3 is 9.30 Å². The highest BCUT2D eigenvalue weighted by molar-refractivity contribution is 5.37. The first kappa shape index (κ1) is 21.6. The van der Waals surface area contributed by atoms with Gasteiger partial charge in [-0.1, -0.05) is 24.0 Å². The summed E-state index contributed by atoms with van der Waals surface area (Å²) in [5.41, 5.74) is 0.947. The molecule has 1 aliphatic carbocycles. The summed E-state index contributed by atoms with van der Waals surface area (Å²) in [5.74, 6) is 7.08. The summed E-state index contributed by atoms with van der Waals surface area (Å²) in [7, 11) is 0. The number of aromatic nitrogens is 3. The number of hydrogen-bond acceptors (Lipinski definition) is 4. The normalized spacial score (nSPS) is 13.4. The minimum atomic E-state index is -4.59. The third-order valence-corrected chi connectivity index (χ3v) is 5.08. The van der Waals surface area contributed by atoms with Crippen LogP contribution in [-0.2, 0) is 19.3 Å². The quantitative estimate of drug-likeness (QED) is 0.555. The molecule has 0 saturated heterocycles. The average Bonchev–Trinajstić information content (AvgIpc) is 3.58. The molecule has 8 heteroatoms. The van der Waals surface area contributed by atoms with Gasteiger partial charge in [0.15, 0.2) is 0 Å². The predicted octanol–water partition coefficient (Wildman–Crippen LogP) is 4.35. The van der Waals surface area contributed by atoms with Crippen LogP contribution in [0.2, 0.25) is 0 Å². The van der Waals surface area contributed by atoms with Crippen LogP contribution < -0.4 is 10.3 Å². The average molecular weight is 439 g/mol. The van der Waals surface area contributed by atoms with Crippen molar-refractivity contribution in [2.45, 2.75) is 39.1 Å². The molecule has 5 nitrogen and oxygen atoms in total. The van der Waals surface area contributed by atoms with E-state index >= 15 is 0 Å². The molecular formula is C24H20F3N3O2. The number of pyridine rings is 1. The van der Waals surface area contributed by atoms with Gasteiger partial charge >= 0.3 is 6.18 Å². The molecule has 0 N–H and O–H groups in total. The maximum Gasteiger partial charge on any atom is 0.419 e. The first-order valence-electron chi connectivity index (χ1n) is 10.1. The molecule has 4 rings (SSSR count). The Bertz CT molecular complexity index is 1230. The summed E-state index contributed by atoms with van der Waals surface area (Å²) in [5, 5.41) is 0. The third-order valence-electron chi connectivity index (χ3n) is 5.08. The molecule has 2 aromatic heterocycles. The van der Waals surface area contributed by atoms with Crippen molar-refractivity contribution in [1.29, 1.82) is 0 Å². The fourth-order valence-electron chi connectivity index (χ4n) is 3.13. The number of halogens is 3. The van der Waals surface area contributed by atoms with E-state index in [-0.39, 0.29) is 17.0 Å². The number of aryl methyl sites for hydroxylation is 1. The molecule has 3 aromatic rings. The van der Waals surface area contributed by atoms with Crippen molar-refractivity contribution in [2.24, 2.45) is 5.92 Å². The Morgan fingerprint density at radius 3 is 2.59 bits per heavy atom. The van der Waals surface area contributed by atoms with Crippen molar-refractivity contribution in [3.8, 4) is 17.6 Å². The van der Waals surface area contributed by atoms with Gasteiger partial charge in [0.25, 0.3) is 5.56 Å². The van der Waals surface area contributed by atoms with Crippen LogP contribution >= 0.6 is 0 Å². The molecule has 0 spiro atoms. The molecule has 1 fully saturated rings. The van der Waals surface area contributed by atoms with E-state index in [1.165, 1.54) is 18.9 Å². The zero-order valence-electron chi connectivity index (χ0n) is 17.3. The van der Waals surface area contributed by atoms with Crippen molar-refractivity contribution in [1.82, 2.24) is 14.5 Å². The molecule has 1 saturated carbocycles. The van der Waals surface area contributed by atoms with Crippen LogP contribution in [0.3, 0.4) is 0 Å². The number of hydrogen-bond donors (Lipinski definition) is 0. The summed E-state index contributed by atoms with van der Waals surface area (Å²) in [6.45, 7) is 1.69. The van der Waals surface area contributed by atoms with Gasteiger partial charge in [-0.2, -0.15) is 13.2 Å². The highest BCUT2D eigenvalue weighted by Crippen LogP contribution is 2.31. The molecule has 0 atom stereocenters. The summed E-state index contributed by atoms with van der Waals surface area (Å²) in [4.78, 5) is 19.7. The first-order valence-corrected chi connectivity index (χ1v) is 10.1. The highest BCUT2D eigenvalue weighted by atomic mass is 19.4. The Morgan fingerprint density at radius 1 is 1.19 bits per heavy atom. The van der Waals surface area contributed by atoms with Crippen LogP contribution in [0, 0.1) is 24.7 Å². The number of ether oxygens (including phenoxy) is 1. The van der Waals surface area contributed by atoms with E-state index < -0.39 is 18.3 Å². The van der Waals surface area contributed by atoms with Gasteiger partial charge in [0.2, 0.25) is 0 Å². The highest BCUT2D eigenvalue weighted by Gasteiger charge is 2.34. The van der Waals surface area contributed by atoms with Crippen LogP contribution in [0.25, 0.3) is 0 Å². The van der Waals surface area contributed by atoms with Crippen LogP contribution in [0.1, 0.15) is 40.9 Å². The smallest absolute Gasteiger partial charge is 0.419 e. The Kier molecular flexibility index (Phi) is 5.99. The Balaban J connectivity index is 1.46. The van der Waals surface area contributed by atoms with Crippen molar-refractivity contribution >= 4 is 0 Å².